The molecule has 0 saturated carbocycles. The van der Waals surface area contributed by atoms with E-state index in [2.05, 4.69) is 55.9 Å². The normalized spacial score (nSPS) is 17.7. The molecule has 0 radical (unpaired) electrons. The lowest BCUT2D eigenvalue weighted by molar-refractivity contribution is 0.198. The SMILES string of the molecule is Cc1cccc2cc(CO)c(N3CCC([C@H](C)N(C)C)CC3)nc12. The molecular weight excluding hydrogens is 298 g/mol. The van der Waals surface area contributed by atoms with E-state index in [0.29, 0.717) is 6.04 Å². The van der Waals surface area contributed by atoms with Crippen molar-refractivity contribution < 1.29 is 5.11 Å². The molecule has 1 aliphatic rings. The number of para-hydroxylation sites is 1. The molecule has 4 nitrogen and oxygen atoms in total. The number of hydrogen-bond acceptors (Lipinski definition) is 4. The number of aliphatic hydroxyl groups is 1. The van der Waals surface area contributed by atoms with Crippen LogP contribution in [0.25, 0.3) is 10.9 Å². The molecule has 1 aromatic heterocycles. The van der Waals surface area contributed by atoms with Crippen molar-refractivity contribution in [1.29, 1.82) is 0 Å². The maximum absolute atomic E-state index is 9.82. The predicted octanol–water partition coefficient (Wildman–Crippen LogP) is 3.20. The first-order chi connectivity index (χ1) is 11.5. The van der Waals surface area contributed by atoms with Gasteiger partial charge in [0.25, 0.3) is 0 Å². The first kappa shape index (κ1) is 17.2. The highest BCUT2D eigenvalue weighted by Crippen LogP contribution is 2.30. The number of hydrogen-bond donors (Lipinski definition) is 1. The molecular formula is C20H29N3O. The van der Waals surface area contributed by atoms with Gasteiger partial charge < -0.3 is 14.9 Å². The average molecular weight is 327 g/mol. The minimum atomic E-state index is 0.0419. The van der Waals surface area contributed by atoms with Crippen LogP contribution in [0.15, 0.2) is 24.3 Å². The Bertz CT molecular complexity index is 705. The Morgan fingerprint density at radius 2 is 2.00 bits per heavy atom. The Kier molecular flexibility index (Phi) is 5.07. The Hall–Kier alpha value is -1.65. The first-order valence-corrected chi connectivity index (χ1v) is 8.92. The highest BCUT2D eigenvalue weighted by Gasteiger charge is 2.26. The number of nitrogens with zero attached hydrogens (tertiary/aromatic N) is 3. The lowest BCUT2D eigenvalue weighted by Crippen LogP contribution is -2.42. The molecule has 3 rings (SSSR count). The van der Waals surface area contributed by atoms with E-state index < -0.39 is 0 Å². The van der Waals surface area contributed by atoms with Gasteiger partial charge in [0.1, 0.15) is 5.82 Å². The summed E-state index contributed by atoms with van der Waals surface area (Å²) in [5.41, 5.74) is 3.18. The van der Waals surface area contributed by atoms with Crippen LogP contribution in [0, 0.1) is 12.8 Å². The molecule has 1 aromatic carbocycles. The molecule has 0 amide bonds. The summed E-state index contributed by atoms with van der Waals surface area (Å²) in [6.45, 7) is 6.49. The molecule has 0 unspecified atom stereocenters. The van der Waals surface area contributed by atoms with Crippen LogP contribution in [0.5, 0.6) is 0 Å². The summed E-state index contributed by atoms with van der Waals surface area (Å²) in [6, 6.07) is 8.93. The van der Waals surface area contributed by atoms with Gasteiger partial charge >= 0.3 is 0 Å². The lowest BCUT2D eigenvalue weighted by atomic mass is 9.89. The van der Waals surface area contributed by atoms with Gasteiger partial charge in [0, 0.05) is 30.1 Å². The maximum Gasteiger partial charge on any atom is 0.134 e. The molecule has 0 aliphatic carbocycles. The quantitative estimate of drug-likeness (QED) is 0.936. The highest BCUT2D eigenvalue weighted by atomic mass is 16.3. The minimum Gasteiger partial charge on any atom is -0.392 e. The van der Waals surface area contributed by atoms with Gasteiger partial charge in [-0.3, -0.25) is 0 Å². The standard InChI is InChI=1S/C20H29N3O/c1-14-6-5-7-17-12-18(13-24)20(21-19(14)17)23-10-8-16(9-11-23)15(2)22(3)4/h5-7,12,15-16,24H,8-11,13H2,1-4H3/t15-/m0/s1. The zero-order chi connectivity index (χ0) is 17.3. The van der Waals surface area contributed by atoms with E-state index in [9.17, 15) is 5.11 Å². The predicted molar refractivity (Wildman–Crippen MR) is 100 cm³/mol. The van der Waals surface area contributed by atoms with E-state index in [-0.39, 0.29) is 6.61 Å². The van der Waals surface area contributed by atoms with Crippen LogP contribution in [-0.4, -0.2) is 48.2 Å². The van der Waals surface area contributed by atoms with Crippen LogP contribution in [0.1, 0.15) is 30.9 Å². The van der Waals surface area contributed by atoms with Crippen molar-refractivity contribution in [3.63, 3.8) is 0 Å². The summed E-state index contributed by atoms with van der Waals surface area (Å²) in [6.07, 6.45) is 2.36. The van der Waals surface area contributed by atoms with Crippen molar-refractivity contribution in [3.05, 3.63) is 35.4 Å². The van der Waals surface area contributed by atoms with Crippen LogP contribution in [0.3, 0.4) is 0 Å². The van der Waals surface area contributed by atoms with E-state index in [0.717, 1.165) is 41.3 Å². The number of pyridine rings is 1. The second kappa shape index (κ2) is 7.08. The van der Waals surface area contributed by atoms with E-state index >= 15 is 0 Å². The molecule has 0 spiro atoms. The monoisotopic (exact) mass is 327 g/mol. The van der Waals surface area contributed by atoms with Crippen LogP contribution >= 0.6 is 0 Å². The number of rotatable bonds is 4. The van der Waals surface area contributed by atoms with Gasteiger partial charge in [-0.05, 0) is 58.3 Å². The van der Waals surface area contributed by atoms with E-state index in [1.54, 1.807) is 0 Å². The lowest BCUT2D eigenvalue weighted by Gasteiger charge is -2.38. The zero-order valence-corrected chi connectivity index (χ0v) is 15.3. The van der Waals surface area contributed by atoms with Crippen LogP contribution in [-0.2, 0) is 6.61 Å². The molecule has 2 heterocycles. The van der Waals surface area contributed by atoms with Gasteiger partial charge in [0.2, 0.25) is 0 Å². The number of fused-ring (bicyclic) bond motifs is 1. The second-order valence-electron chi connectivity index (χ2n) is 7.30. The number of anilines is 1. The van der Waals surface area contributed by atoms with Gasteiger partial charge in [0.05, 0.1) is 12.1 Å². The molecule has 1 fully saturated rings. The fraction of sp³-hybridized carbons (Fsp3) is 0.550. The molecule has 1 aliphatic heterocycles. The molecule has 130 valence electrons. The van der Waals surface area contributed by atoms with E-state index in [1.165, 1.54) is 18.4 Å². The van der Waals surface area contributed by atoms with Gasteiger partial charge in [-0.2, -0.15) is 0 Å². The summed E-state index contributed by atoms with van der Waals surface area (Å²) < 4.78 is 0. The van der Waals surface area contributed by atoms with E-state index in [4.69, 9.17) is 4.98 Å². The molecule has 1 saturated heterocycles. The molecule has 4 heteroatoms. The third-order valence-corrected chi connectivity index (χ3v) is 5.61. The average Bonchev–Trinajstić information content (AvgIpc) is 2.60. The number of piperidine rings is 1. The number of aromatic nitrogens is 1. The topological polar surface area (TPSA) is 39.6 Å². The van der Waals surface area contributed by atoms with Gasteiger partial charge in [-0.25, -0.2) is 4.98 Å². The number of aryl methyl sites for hydroxylation is 1. The fourth-order valence-corrected chi connectivity index (χ4v) is 3.79. The Balaban J connectivity index is 1.86. The van der Waals surface area contributed by atoms with Gasteiger partial charge in [0.15, 0.2) is 0 Å². The van der Waals surface area contributed by atoms with Crippen molar-refractivity contribution >= 4 is 16.7 Å². The van der Waals surface area contributed by atoms with E-state index in [1.807, 2.05) is 6.07 Å². The molecule has 24 heavy (non-hydrogen) atoms. The van der Waals surface area contributed by atoms with Crippen molar-refractivity contribution in [1.82, 2.24) is 9.88 Å². The smallest absolute Gasteiger partial charge is 0.134 e. The fourth-order valence-electron chi connectivity index (χ4n) is 3.79. The summed E-state index contributed by atoms with van der Waals surface area (Å²) in [5, 5.41) is 10.9. The van der Waals surface area contributed by atoms with Gasteiger partial charge in [-0.1, -0.05) is 18.2 Å². The largest absolute Gasteiger partial charge is 0.392 e. The number of benzene rings is 1. The van der Waals surface area contributed by atoms with Gasteiger partial charge in [-0.15, -0.1) is 0 Å². The third-order valence-electron chi connectivity index (χ3n) is 5.61. The first-order valence-electron chi connectivity index (χ1n) is 8.92. The van der Waals surface area contributed by atoms with Crippen molar-refractivity contribution in [2.24, 2.45) is 5.92 Å². The Morgan fingerprint density at radius 3 is 2.62 bits per heavy atom. The third kappa shape index (κ3) is 3.26. The summed E-state index contributed by atoms with van der Waals surface area (Å²) in [5.74, 6) is 1.70. The molecule has 1 atom stereocenters. The minimum absolute atomic E-state index is 0.0419. The van der Waals surface area contributed by atoms with Crippen molar-refractivity contribution in [2.45, 2.75) is 39.3 Å². The van der Waals surface area contributed by atoms with Crippen LogP contribution in [0.4, 0.5) is 5.82 Å². The molecule has 0 bridgehead atoms. The molecule has 1 N–H and O–H groups in total. The number of aliphatic hydroxyl groups excluding tert-OH is 1. The summed E-state index contributed by atoms with van der Waals surface area (Å²) in [7, 11) is 4.32. The Morgan fingerprint density at radius 1 is 1.29 bits per heavy atom. The molecule has 2 aromatic rings. The zero-order valence-electron chi connectivity index (χ0n) is 15.3. The maximum atomic E-state index is 9.82. The van der Waals surface area contributed by atoms with Crippen molar-refractivity contribution in [2.75, 3.05) is 32.1 Å². The highest BCUT2D eigenvalue weighted by molar-refractivity contribution is 5.84. The summed E-state index contributed by atoms with van der Waals surface area (Å²) >= 11 is 0. The second-order valence-corrected chi connectivity index (χ2v) is 7.30. The van der Waals surface area contributed by atoms with Crippen LogP contribution < -0.4 is 4.90 Å². The van der Waals surface area contributed by atoms with Crippen molar-refractivity contribution in [3.8, 4) is 0 Å². The summed E-state index contributed by atoms with van der Waals surface area (Å²) in [4.78, 5) is 9.60. The van der Waals surface area contributed by atoms with Crippen LogP contribution in [0.2, 0.25) is 0 Å². The Labute approximate surface area is 145 Å².